The number of hydrogen-bond donors (Lipinski definition) is 1. The Morgan fingerprint density at radius 2 is 1.68 bits per heavy atom. The van der Waals surface area contributed by atoms with Crippen molar-refractivity contribution in [1.82, 2.24) is 4.98 Å². The van der Waals surface area contributed by atoms with Gasteiger partial charge in [-0.1, -0.05) is 54.6 Å². The minimum absolute atomic E-state index is 0.265. The van der Waals surface area contributed by atoms with E-state index in [1.807, 2.05) is 60.0 Å². The number of hydrogen-bond acceptors (Lipinski definition) is 6. The highest BCUT2D eigenvalue weighted by atomic mass is 32.1. The normalized spacial score (nSPS) is 11.7. The third-order valence-electron chi connectivity index (χ3n) is 4.74. The first-order valence-electron chi connectivity index (χ1n) is 9.64. The Morgan fingerprint density at radius 3 is 2.39 bits per heavy atom. The molecule has 1 N–H and O–H groups in total. The van der Waals surface area contributed by atoms with Gasteiger partial charge < -0.3 is 9.47 Å². The van der Waals surface area contributed by atoms with E-state index in [0.717, 1.165) is 22.0 Å². The summed E-state index contributed by atoms with van der Waals surface area (Å²) in [4.78, 5) is 29.7. The number of anilines is 1. The molecule has 1 atom stereocenters. The maximum Gasteiger partial charge on any atom is 0.342 e. The average molecular weight is 433 g/mol. The number of methoxy groups -OCH3 is 1. The van der Waals surface area contributed by atoms with Gasteiger partial charge in [-0.2, -0.15) is 0 Å². The van der Waals surface area contributed by atoms with Crippen molar-refractivity contribution >= 4 is 39.1 Å². The van der Waals surface area contributed by atoms with Crippen LogP contribution in [0.15, 0.2) is 72.1 Å². The van der Waals surface area contributed by atoms with E-state index in [4.69, 9.17) is 9.47 Å². The quantitative estimate of drug-likeness (QED) is 0.426. The van der Waals surface area contributed by atoms with Crippen LogP contribution < -0.4 is 10.1 Å². The molecule has 0 fully saturated rings. The van der Waals surface area contributed by atoms with Gasteiger partial charge in [0.15, 0.2) is 11.2 Å². The number of thiazole rings is 1. The molecule has 0 bridgehead atoms. The van der Waals surface area contributed by atoms with Crippen molar-refractivity contribution in [2.24, 2.45) is 0 Å². The SMILES string of the molecule is COc1cc2ccccc2cc1C(=O)OC(C)C(=O)Nc1nc(-c2ccccc2)cs1. The molecule has 0 saturated carbocycles. The smallest absolute Gasteiger partial charge is 0.342 e. The van der Waals surface area contributed by atoms with Crippen LogP contribution in [-0.2, 0) is 9.53 Å². The molecule has 4 rings (SSSR count). The second-order valence-corrected chi connectivity index (χ2v) is 7.70. The second-order valence-electron chi connectivity index (χ2n) is 6.84. The van der Waals surface area contributed by atoms with Crippen LogP contribution in [0.2, 0.25) is 0 Å². The van der Waals surface area contributed by atoms with Crippen LogP contribution in [0.1, 0.15) is 17.3 Å². The van der Waals surface area contributed by atoms with E-state index in [1.165, 1.54) is 25.4 Å². The molecular weight excluding hydrogens is 412 g/mol. The van der Waals surface area contributed by atoms with Crippen LogP contribution in [0, 0.1) is 0 Å². The number of carbonyl (C=O) groups excluding carboxylic acids is 2. The van der Waals surface area contributed by atoms with Gasteiger partial charge in [-0.05, 0) is 29.8 Å². The molecule has 0 aliphatic rings. The van der Waals surface area contributed by atoms with Crippen molar-refractivity contribution in [2.75, 3.05) is 12.4 Å². The van der Waals surface area contributed by atoms with Crippen LogP contribution in [0.3, 0.4) is 0 Å². The summed E-state index contributed by atoms with van der Waals surface area (Å²) < 4.78 is 10.7. The van der Waals surface area contributed by atoms with Crippen molar-refractivity contribution in [3.8, 4) is 17.0 Å². The summed E-state index contributed by atoms with van der Waals surface area (Å²) in [6.45, 7) is 1.52. The maximum atomic E-state index is 12.7. The standard InChI is InChI=1S/C24H20N2O4S/c1-15(22(27)26-24-25-20(14-31-24)16-8-4-3-5-9-16)30-23(28)19-12-17-10-6-7-11-18(17)13-21(19)29-2/h3-15H,1-2H3,(H,25,26,27). The van der Waals surface area contributed by atoms with E-state index < -0.39 is 18.0 Å². The highest BCUT2D eigenvalue weighted by molar-refractivity contribution is 7.14. The minimum atomic E-state index is -1.01. The van der Waals surface area contributed by atoms with E-state index >= 15 is 0 Å². The molecule has 1 amide bonds. The summed E-state index contributed by atoms with van der Waals surface area (Å²) >= 11 is 1.31. The molecule has 3 aromatic carbocycles. The van der Waals surface area contributed by atoms with Gasteiger partial charge in [0.2, 0.25) is 0 Å². The third kappa shape index (κ3) is 4.57. The van der Waals surface area contributed by atoms with Crippen LogP contribution in [0.25, 0.3) is 22.0 Å². The third-order valence-corrected chi connectivity index (χ3v) is 5.50. The lowest BCUT2D eigenvalue weighted by Gasteiger charge is -2.14. The average Bonchev–Trinajstić information content (AvgIpc) is 3.27. The van der Waals surface area contributed by atoms with Gasteiger partial charge in [0.05, 0.1) is 12.8 Å². The lowest BCUT2D eigenvalue weighted by molar-refractivity contribution is -0.123. The zero-order valence-electron chi connectivity index (χ0n) is 17.0. The molecule has 0 spiro atoms. The van der Waals surface area contributed by atoms with Crippen molar-refractivity contribution < 1.29 is 19.1 Å². The maximum absolute atomic E-state index is 12.7. The van der Waals surface area contributed by atoms with Crippen molar-refractivity contribution in [1.29, 1.82) is 0 Å². The molecule has 0 radical (unpaired) electrons. The Balaban J connectivity index is 1.45. The molecule has 0 aliphatic heterocycles. The zero-order chi connectivity index (χ0) is 21.8. The van der Waals surface area contributed by atoms with E-state index in [9.17, 15) is 9.59 Å². The van der Waals surface area contributed by atoms with E-state index in [1.54, 1.807) is 12.1 Å². The first-order chi connectivity index (χ1) is 15.0. The van der Waals surface area contributed by atoms with Gasteiger partial charge in [-0.3, -0.25) is 10.1 Å². The number of rotatable bonds is 6. The van der Waals surface area contributed by atoms with E-state index in [0.29, 0.717) is 10.9 Å². The van der Waals surface area contributed by atoms with Crippen LogP contribution in [0.5, 0.6) is 5.75 Å². The molecule has 156 valence electrons. The number of ether oxygens (including phenoxy) is 2. The fraction of sp³-hybridized carbons (Fsp3) is 0.125. The summed E-state index contributed by atoms with van der Waals surface area (Å²) in [7, 11) is 1.49. The Bertz CT molecular complexity index is 1240. The number of nitrogens with zero attached hydrogens (tertiary/aromatic N) is 1. The lowest BCUT2D eigenvalue weighted by Crippen LogP contribution is -2.30. The van der Waals surface area contributed by atoms with Crippen LogP contribution in [-0.4, -0.2) is 30.1 Å². The Morgan fingerprint density at radius 1 is 1.00 bits per heavy atom. The molecule has 4 aromatic rings. The molecule has 7 heteroatoms. The Kier molecular flexibility index (Phi) is 5.95. The summed E-state index contributed by atoms with van der Waals surface area (Å²) in [5.41, 5.74) is 2.00. The van der Waals surface area contributed by atoms with Gasteiger partial charge in [0, 0.05) is 10.9 Å². The molecule has 31 heavy (non-hydrogen) atoms. The highest BCUT2D eigenvalue weighted by Crippen LogP contribution is 2.27. The van der Waals surface area contributed by atoms with Crippen molar-refractivity contribution in [2.45, 2.75) is 13.0 Å². The topological polar surface area (TPSA) is 77.5 Å². The lowest BCUT2D eigenvalue weighted by atomic mass is 10.1. The van der Waals surface area contributed by atoms with Crippen LogP contribution in [0.4, 0.5) is 5.13 Å². The molecular formula is C24H20N2O4S. The van der Waals surface area contributed by atoms with Gasteiger partial charge >= 0.3 is 5.97 Å². The molecule has 1 heterocycles. The van der Waals surface area contributed by atoms with Gasteiger partial charge in [0.1, 0.15) is 11.3 Å². The van der Waals surface area contributed by atoms with Gasteiger partial charge in [-0.25, -0.2) is 9.78 Å². The zero-order valence-corrected chi connectivity index (χ0v) is 17.8. The summed E-state index contributed by atoms with van der Waals surface area (Å²) in [5, 5.41) is 6.83. The molecule has 1 unspecified atom stereocenters. The van der Waals surface area contributed by atoms with Crippen molar-refractivity contribution in [3.63, 3.8) is 0 Å². The molecule has 0 saturated heterocycles. The fourth-order valence-electron chi connectivity index (χ4n) is 3.11. The fourth-order valence-corrected chi connectivity index (χ4v) is 3.83. The number of nitrogens with one attached hydrogen (secondary N) is 1. The number of esters is 1. The van der Waals surface area contributed by atoms with Gasteiger partial charge in [-0.15, -0.1) is 11.3 Å². The first-order valence-corrected chi connectivity index (χ1v) is 10.5. The summed E-state index contributed by atoms with van der Waals surface area (Å²) in [6.07, 6.45) is -1.01. The van der Waals surface area contributed by atoms with Crippen LogP contribution >= 0.6 is 11.3 Å². The predicted molar refractivity (Wildman–Crippen MR) is 122 cm³/mol. The number of fused-ring (bicyclic) bond motifs is 1. The van der Waals surface area contributed by atoms with E-state index in [-0.39, 0.29) is 5.56 Å². The number of amides is 1. The number of aromatic nitrogens is 1. The minimum Gasteiger partial charge on any atom is -0.496 e. The largest absolute Gasteiger partial charge is 0.496 e. The van der Waals surface area contributed by atoms with Gasteiger partial charge in [0.25, 0.3) is 5.91 Å². The Labute approximate surface area is 183 Å². The van der Waals surface area contributed by atoms with Crippen molar-refractivity contribution in [3.05, 3.63) is 77.7 Å². The second kappa shape index (κ2) is 8.97. The molecule has 1 aromatic heterocycles. The molecule has 0 aliphatic carbocycles. The summed E-state index contributed by atoms with van der Waals surface area (Å²) in [5.74, 6) is -0.694. The van der Waals surface area contributed by atoms with E-state index in [2.05, 4.69) is 10.3 Å². The number of benzene rings is 3. The first kappa shape index (κ1) is 20.6. The highest BCUT2D eigenvalue weighted by Gasteiger charge is 2.23. The summed E-state index contributed by atoms with van der Waals surface area (Å²) in [6, 6.07) is 20.8. The Hall–Kier alpha value is -3.71. The number of carbonyl (C=O) groups is 2. The monoisotopic (exact) mass is 432 g/mol. The predicted octanol–water partition coefficient (Wildman–Crippen LogP) is 5.16. The molecule has 6 nitrogen and oxygen atoms in total.